The zero-order valence-electron chi connectivity index (χ0n) is 16.0. The van der Waals surface area contributed by atoms with Crippen molar-refractivity contribution in [1.29, 1.82) is 0 Å². The van der Waals surface area contributed by atoms with Crippen LogP contribution in [0, 0.1) is 5.92 Å². The minimum atomic E-state index is 0.139. The van der Waals surface area contributed by atoms with Crippen molar-refractivity contribution >= 4 is 17.6 Å². The second-order valence-corrected chi connectivity index (χ2v) is 7.02. The average Bonchev–Trinajstić information content (AvgIpc) is 2.64. The van der Waals surface area contributed by atoms with Gasteiger partial charge in [-0.2, -0.15) is 0 Å². The zero-order valence-corrected chi connectivity index (χ0v) is 16.0. The molecule has 3 rings (SSSR count). The second-order valence-electron chi connectivity index (χ2n) is 7.02. The van der Waals surface area contributed by atoms with E-state index in [1.54, 1.807) is 7.05 Å². The van der Waals surface area contributed by atoms with Gasteiger partial charge in [-0.15, -0.1) is 0 Å². The van der Waals surface area contributed by atoms with Gasteiger partial charge in [-0.1, -0.05) is 48.9 Å². The quantitative estimate of drug-likeness (QED) is 0.539. The molecule has 142 valence electrons. The van der Waals surface area contributed by atoms with Crippen LogP contribution in [0.4, 0.5) is 5.69 Å². The van der Waals surface area contributed by atoms with Gasteiger partial charge in [0, 0.05) is 25.2 Å². The van der Waals surface area contributed by atoms with Crippen LogP contribution in [0.5, 0.6) is 0 Å². The number of amides is 1. The fraction of sp³-hybridized carbons (Fsp3) is 0.364. The van der Waals surface area contributed by atoms with Crippen molar-refractivity contribution in [3.8, 4) is 0 Å². The molecule has 27 heavy (non-hydrogen) atoms. The van der Waals surface area contributed by atoms with Gasteiger partial charge in [-0.25, -0.2) is 0 Å². The van der Waals surface area contributed by atoms with Crippen LogP contribution in [0.2, 0.25) is 0 Å². The maximum absolute atomic E-state index is 12.1. The molecule has 0 heterocycles. The Bertz CT molecular complexity index is 784. The van der Waals surface area contributed by atoms with Crippen LogP contribution in [-0.2, 0) is 11.3 Å². The molecule has 5 heteroatoms. The maximum atomic E-state index is 12.1. The lowest BCUT2D eigenvalue weighted by Crippen LogP contribution is -2.38. The summed E-state index contributed by atoms with van der Waals surface area (Å²) in [5.74, 6) is 1.07. The third-order valence-corrected chi connectivity index (χ3v) is 5.01. The third-order valence-electron chi connectivity index (χ3n) is 5.01. The van der Waals surface area contributed by atoms with Crippen LogP contribution in [0.15, 0.2) is 59.6 Å². The fourth-order valence-corrected chi connectivity index (χ4v) is 3.08. The predicted molar refractivity (Wildman–Crippen MR) is 111 cm³/mol. The molecular weight excluding hydrogens is 336 g/mol. The lowest BCUT2D eigenvalue weighted by atomic mass is 9.85. The summed E-state index contributed by atoms with van der Waals surface area (Å²) in [7, 11) is 1.77. The number of hydrogen-bond donors (Lipinski definition) is 3. The summed E-state index contributed by atoms with van der Waals surface area (Å²) in [4.78, 5) is 16.4. The number of hydrogen-bond acceptors (Lipinski definition) is 2. The van der Waals surface area contributed by atoms with Gasteiger partial charge in [0.15, 0.2) is 5.96 Å². The Hall–Kier alpha value is -2.82. The van der Waals surface area contributed by atoms with Crippen molar-refractivity contribution in [3.05, 3.63) is 65.7 Å². The van der Waals surface area contributed by atoms with E-state index in [4.69, 9.17) is 0 Å². The van der Waals surface area contributed by atoms with Gasteiger partial charge in [-0.3, -0.25) is 9.79 Å². The molecule has 0 spiro atoms. The van der Waals surface area contributed by atoms with Crippen LogP contribution >= 0.6 is 0 Å². The van der Waals surface area contributed by atoms with E-state index in [2.05, 4.69) is 40.0 Å². The molecule has 1 aliphatic carbocycles. The number of carbonyl (C=O) groups is 1. The van der Waals surface area contributed by atoms with Gasteiger partial charge in [-0.05, 0) is 43.0 Å². The molecule has 5 nitrogen and oxygen atoms in total. The number of carbonyl (C=O) groups excluding carboxylic acids is 1. The summed E-state index contributed by atoms with van der Waals surface area (Å²) in [5.41, 5.74) is 3.16. The Morgan fingerprint density at radius 1 is 1.15 bits per heavy atom. The SMILES string of the molecule is CN=C(NCc1cccc(NC(=O)C2CCC2)c1)NC(C)c1ccccc1. The Balaban J connectivity index is 1.53. The molecule has 1 aliphatic rings. The predicted octanol–water partition coefficient (Wildman–Crippen LogP) is 3.85. The smallest absolute Gasteiger partial charge is 0.227 e. The highest BCUT2D eigenvalue weighted by molar-refractivity contribution is 5.93. The third kappa shape index (κ3) is 5.33. The molecule has 2 aromatic rings. The Labute approximate surface area is 161 Å². The highest BCUT2D eigenvalue weighted by atomic mass is 16.1. The molecule has 0 radical (unpaired) electrons. The molecule has 1 fully saturated rings. The van der Waals surface area contributed by atoms with Gasteiger partial charge in [0.25, 0.3) is 0 Å². The Morgan fingerprint density at radius 2 is 1.93 bits per heavy atom. The first-order chi connectivity index (χ1) is 13.2. The molecule has 2 aromatic carbocycles. The maximum Gasteiger partial charge on any atom is 0.227 e. The van der Waals surface area contributed by atoms with Crippen molar-refractivity contribution < 1.29 is 4.79 Å². The lowest BCUT2D eigenvalue weighted by Gasteiger charge is -2.24. The van der Waals surface area contributed by atoms with Crippen LogP contribution in [0.3, 0.4) is 0 Å². The van der Waals surface area contributed by atoms with Crippen molar-refractivity contribution in [3.63, 3.8) is 0 Å². The molecule has 0 aromatic heterocycles. The molecule has 0 aliphatic heterocycles. The summed E-state index contributed by atoms with van der Waals surface area (Å²) in [5, 5.41) is 9.76. The van der Waals surface area contributed by atoms with Gasteiger partial charge in [0.1, 0.15) is 0 Å². The second kappa shape index (κ2) is 9.21. The number of aliphatic imine (C=N–C) groups is 1. The normalized spacial score (nSPS) is 15.6. The van der Waals surface area contributed by atoms with E-state index in [9.17, 15) is 4.79 Å². The molecule has 1 unspecified atom stereocenters. The van der Waals surface area contributed by atoms with Crippen molar-refractivity contribution in [2.24, 2.45) is 10.9 Å². The number of nitrogens with zero attached hydrogens (tertiary/aromatic N) is 1. The first kappa shape index (κ1) is 19.0. The Morgan fingerprint density at radius 3 is 2.59 bits per heavy atom. The van der Waals surface area contributed by atoms with Crippen LogP contribution < -0.4 is 16.0 Å². The molecule has 3 N–H and O–H groups in total. The molecule has 1 amide bonds. The number of nitrogens with one attached hydrogen (secondary N) is 3. The summed E-state index contributed by atoms with van der Waals surface area (Å²) in [6, 6.07) is 18.4. The largest absolute Gasteiger partial charge is 0.352 e. The van der Waals surface area contributed by atoms with Crippen LogP contribution in [-0.4, -0.2) is 18.9 Å². The van der Waals surface area contributed by atoms with Gasteiger partial charge < -0.3 is 16.0 Å². The monoisotopic (exact) mass is 364 g/mol. The van der Waals surface area contributed by atoms with E-state index in [0.717, 1.165) is 36.5 Å². The van der Waals surface area contributed by atoms with Crippen LogP contribution in [0.1, 0.15) is 43.4 Å². The van der Waals surface area contributed by atoms with Gasteiger partial charge in [0.05, 0.1) is 6.04 Å². The molecule has 1 atom stereocenters. The molecular formula is C22H28N4O. The summed E-state index contributed by atoms with van der Waals surface area (Å²) < 4.78 is 0. The number of anilines is 1. The highest BCUT2D eigenvalue weighted by Gasteiger charge is 2.25. The average molecular weight is 364 g/mol. The van der Waals surface area contributed by atoms with Crippen LogP contribution in [0.25, 0.3) is 0 Å². The molecule has 1 saturated carbocycles. The van der Waals surface area contributed by atoms with Crippen molar-refractivity contribution in [2.75, 3.05) is 12.4 Å². The minimum Gasteiger partial charge on any atom is -0.352 e. The topological polar surface area (TPSA) is 65.5 Å². The van der Waals surface area contributed by atoms with Crippen molar-refractivity contribution in [2.45, 2.75) is 38.8 Å². The number of rotatable bonds is 6. The van der Waals surface area contributed by atoms with E-state index in [1.165, 1.54) is 5.56 Å². The first-order valence-electron chi connectivity index (χ1n) is 9.57. The molecule has 0 saturated heterocycles. The summed E-state index contributed by atoms with van der Waals surface area (Å²) >= 11 is 0. The highest BCUT2D eigenvalue weighted by Crippen LogP contribution is 2.27. The van der Waals surface area contributed by atoms with Crippen molar-refractivity contribution in [1.82, 2.24) is 10.6 Å². The Kier molecular flexibility index (Phi) is 6.47. The van der Waals surface area contributed by atoms with E-state index in [1.807, 2.05) is 42.5 Å². The first-order valence-corrected chi connectivity index (χ1v) is 9.57. The van der Waals surface area contributed by atoms with Gasteiger partial charge in [0.2, 0.25) is 5.91 Å². The minimum absolute atomic E-state index is 0.139. The van der Waals surface area contributed by atoms with E-state index in [-0.39, 0.29) is 17.9 Å². The molecule has 0 bridgehead atoms. The number of benzene rings is 2. The fourth-order valence-electron chi connectivity index (χ4n) is 3.08. The summed E-state index contributed by atoms with van der Waals surface area (Å²) in [6.07, 6.45) is 3.18. The van der Waals surface area contributed by atoms with E-state index in [0.29, 0.717) is 6.54 Å². The van der Waals surface area contributed by atoms with E-state index >= 15 is 0 Å². The summed E-state index contributed by atoms with van der Waals surface area (Å²) in [6.45, 7) is 2.74. The zero-order chi connectivity index (χ0) is 19.1. The van der Waals surface area contributed by atoms with E-state index < -0.39 is 0 Å². The standard InChI is InChI=1S/C22H28N4O/c1-16(18-9-4-3-5-10-18)25-22(23-2)24-15-17-8-6-13-20(14-17)26-21(27)19-11-7-12-19/h3-6,8-10,13-14,16,19H,7,11-12,15H2,1-2H3,(H,26,27)(H2,23,24,25). The van der Waals surface area contributed by atoms with Gasteiger partial charge >= 0.3 is 0 Å². The number of guanidine groups is 1. The lowest BCUT2D eigenvalue weighted by molar-refractivity contribution is -0.122.